The van der Waals surface area contributed by atoms with Crippen LogP contribution in [0.5, 0.6) is 11.5 Å². The minimum atomic E-state index is -0.607. The highest BCUT2D eigenvalue weighted by atomic mass is 16.6. The van der Waals surface area contributed by atoms with Crippen LogP contribution in [0.2, 0.25) is 0 Å². The lowest BCUT2D eigenvalue weighted by Gasteiger charge is -2.31. The molecule has 0 saturated carbocycles. The third-order valence-corrected chi connectivity index (χ3v) is 4.16. The molecule has 0 saturated heterocycles. The monoisotopic (exact) mass is 370 g/mol. The first-order valence-corrected chi connectivity index (χ1v) is 8.20. The molecule has 8 nitrogen and oxygen atoms in total. The van der Waals surface area contributed by atoms with Crippen molar-refractivity contribution in [2.75, 3.05) is 12.4 Å². The van der Waals surface area contributed by atoms with Crippen LogP contribution in [0.4, 0.5) is 11.4 Å². The van der Waals surface area contributed by atoms with Gasteiger partial charge in [0.15, 0.2) is 5.78 Å². The van der Waals surface area contributed by atoms with E-state index in [2.05, 4.69) is 5.32 Å². The summed E-state index contributed by atoms with van der Waals surface area (Å²) in [6.45, 7) is 3.63. The maximum Gasteiger partial charge on any atom is 0.296 e. The SMILES string of the molecule is COc1ccc(NC(=O)c2ccc3c(c2)C(=O)CC(C)(C)O3)c([N+](=O)[O-])c1. The largest absolute Gasteiger partial charge is 0.496 e. The van der Waals surface area contributed by atoms with Gasteiger partial charge in [0, 0.05) is 5.56 Å². The number of rotatable bonds is 4. The van der Waals surface area contributed by atoms with E-state index >= 15 is 0 Å². The lowest BCUT2D eigenvalue weighted by Crippen LogP contribution is -2.36. The molecule has 2 aromatic rings. The van der Waals surface area contributed by atoms with Crippen LogP contribution in [-0.4, -0.2) is 29.3 Å². The molecule has 0 unspecified atom stereocenters. The van der Waals surface area contributed by atoms with E-state index in [9.17, 15) is 19.7 Å². The van der Waals surface area contributed by atoms with E-state index < -0.39 is 16.4 Å². The Morgan fingerprint density at radius 1 is 1.26 bits per heavy atom. The number of ether oxygens (including phenoxy) is 2. The van der Waals surface area contributed by atoms with Gasteiger partial charge in [0.05, 0.1) is 30.1 Å². The Morgan fingerprint density at radius 2 is 2.00 bits per heavy atom. The Bertz CT molecular complexity index is 951. The maximum absolute atomic E-state index is 12.5. The first-order chi connectivity index (χ1) is 12.7. The molecule has 1 amide bonds. The second-order valence-electron chi connectivity index (χ2n) is 6.77. The molecule has 1 N–H and O–H groups in total. The number of nitro benzene ring substituents is 1. The number of nitrogens with zero attached hydrogens (tertiary/aromatic N) is 1. The first kappa shape index (κ1) is 18.4. The predicted molar refractivity (Wildman–Crippen MR) is 97.7 cm³/mol. The van der Waals surface area contributed by atoms with Gasteiger partial charge in [0.25, 0.3) is 11.6 Å². The van der Waals surface area contributed by atoms with Crippen molar-refractivity contribution in [1.82, 2.24) is 0 Å². The van der Waals surface area contributed by atoms with Crippen LogP contribution in [0.3, 0.4) is 0 Å². The lowest BCUT2D eigenvalue weighted by atomic mass is 9.92. The maximum atomic E-state index is 12.5. The summed E-state index contributed by atoms with van der Waals surface area (Å²) < 4.78 is 10.7. The molecule has 0 atom stereocenters. The molecule has 0 radical (unpaired) electrons. The normalized spacial score (nSPS) is 14.7. The van der Waals surface area contributed by atoms with E-state index in [1.165, 1.54) is 37.4 Å². The Labute approximate surface area is 155 Å². The molecule has 1 heterocycles. The molecule has 0 bridgehead atoms. The standard InChI is InChI=1S/C19H18N2O6/c1-19(2)10-16(22)13-8-11(4-7-17(13)27-19)18(23)20-14-6-5-12(26-3)9-15(14)21(24)25/h4-9H,10H2,1-3H3,(H,20,23). The number of hydrogen-bond donors (Lipinski definition) is 1. The molecular weight excluding hydrogens is 352 g/mol. The average molecular weight is 370 g/mol. The van der Waals surface area contributed by atoms with Crippen molar-refractivity contribution in [2.45, 2.75) is 25.9 Å². The van der Waals surface area contributed by atoms with Crippen molar-refractivity contribution in [3.8, 4) is 11.5 Å². The van der Waals surface area contributed by atoms with Gasteiger partial charge in [-0.25, -0.2) is 0 Å². The number of carbonyl (C=O) groups is 2. The van der Waals surface area contributed by atoms with E-state index in [1.807, 2.05) is 13.8 Å². The van der Waals surface area contributed by atoms with Crippen LogP contribution < -0.4 is 14.8 Å². The van der Waals surface area contributed by atoms with Gasteiger partial charge in [-0.05, 0) is 44.2 Å². The fraction of sp³-hybridized carbons (Fsp3) is 0.263. The number of ketones is 1. The van der Waals surface area contributed by atoms with E-state index in [1.54, 1.807) is 6.07 Å². The summed E-state index contributed by atoms with van der Waals surface area (Å²) in [6, 6.07) is 8.64. The summed E-state index contributed by atoms with van der Waals surface area (Å²) in [5.41, 5.74) is -0.326. The molecule has 27 heavy (non-hydrogen) atoms. The zero-order valence-corrected chi connectivity index (χ0v) is 15.1. The van der Waals surface area contributed by atoms with E-state index in [0.29, 0.717) is 17.1 Å². The Morgan fingerprint density at radius 3 is 2.67 bits per heavy atom. The van der Waals surface area contributed by atoms with Gasteiger partial charge in [-0.1, -0.05) is 0 Å². The molecule has 2 aromatic carbocycles. The van der Waals surface area contributed by atoms with Crippen molar-refractivity contribution >= 4 is 23.1 Å². The van der Waals surface area contributed by atoms with Gasteiger partial charge < -0.3 is 14.8 Å². The fourth-order valence-electron chi connectivity index (χ4n) is 2.88. The smallest absolute Gasteiger partial charge is 0.296 e. The van der Waals surface area contributed by atoms with Gasteiger partial charge >= 0.3 is 0 Å². The number of Topliss-reactive ketones (excluding diaryl/α,β-unsaturated/α-hetero) is 1. The summed E-state index contributed by atoms with van der Waals surface area (Å²) >= 11 is 0. The average Bonchev–Trinajstić information content (AvgIpc) is 2.60. The second-order valence-corrected chi connectivity index (χ2v) is 6.77. The van der Waals surface area contributed by atoms with Crippen LogP contribution >= 0.6 is 0 Å². The number of anilines is 1. The third-order valence-electron chi connectivity index (χ3n) is 4.16. The van der Waals surface area contributed by atoms with Crippen molar-refractivity contribution in [1.29, 1.82) is 0 Å². The van der Waals surface area contributed by atoms with Crippen LogP contribution in [0.15, 0.2) is 36.4 Å². The topological polar surface area (TPSA) is 108 Å². The van der Waals surface area contributed by atoms with Gasteiger partial charge in [-0.15, -0.1) is 0 Å². The first-order valence-electron chi connectivity index (χ1n) is 8.20. The number of hydrogen-bond acceptors (Lipinski definition) is 6. The molecule has 1 aliphatic rings. The van der Waals surface area contributed by atoms with Gasteiger partial charge in [0.1, 0.15) is 22.8 Å². The predicted octanol–water partition coefficient (Wildman–Crippen LogP) is 3.60. The van der Waals surface area contributed by atoms with Crippen molar-refractivity contribution in [2.24, 2.45) is 0 Å². The number of methoxy groups -OCH3 is 1. The number of amides is 1. The van der Waals surface area contributed by atoms with Crippen LogP contribution in [-0.2, 0) is 0 Å². The Hall–Kier alpha value is -3.42. The van der Waals surface area contributed by atoms with Gasteiger partial charge in [-0.3, -0.25) is 19.7 Å². The fourth-order valence-corrected chi connectivity index (χ4v) is 2.88. The van der Waals surface area contributed by atoms with Gasteiger partial charge in [0.2, 0.25) is 0 Å². The number of nitrogens with one attached hydrogen (secondary N) is 1. The highest BCUT2D eigenvalue weighted by Gasteiger charge is 2.33. The van der Waals surface area contributed by atoms with Crippen molar-refractivity contribution < 1.29 is 24.0 Å². The van der Waals surface area contributed by atoms with Crippen LogP contribution in [0.1, 0.15) is 41.0 Å². The molecule has 3 rings (SSSR count). The quantitative estimate of drug-likeness (QED) is 0.651. The summed E-state index contributed by atoms with van der Waals surface area (Å²) in [5, 5.41) is 13.7. The lowest BCUT2D eigenvalue weighted by molar-refractivity contribution is -0.384. The number of carbonyl (C=O) groups excluding carboxylic acids is 2. The van der Waals surface area contributed by atoms with E-state index in [4.69, 9.17) is 9.47 Å². The minimum Gasteiger partial charge on any atom is -0.496 e. The zero-order valence-electron chi connectivity index (χ0n) is 15.1. The summed E-state index contributed by atoms with van der Waals surface area (Å²) in [7, 11) is 1.39. The van der Waals surface area contributed by atoms with Crippen molar-refractivity contribution in [3.05, 3.63) is 57.6 Å². The highest BCUT2D eigenvalue weighted by Crippen LogP contribution is 2.34. The zero-order chi connectivity index (χ0) is 19.8. The van der Waals surface area contributed by atoms with Crippen molar-refractivity contribution in [3.63, 3.8) is 0 Å². The molecule has 0 aromatic heterocycles. The number of fused-ring (bicyclic) bond motifs is 1. The van der Waals surface area contributed by atoms with Crippen LogP contribution in [0.25, 0.3) is 0 Å². The summed E-state index contributed by atoms with van der Waals surface area (Å²) in [6.07, 6.45) is 0.203. The number of nitro groups is 1. The molecule has 1 aliphatic heterocycles. The molecule has 0 fully saturated rings. The summed E-state index contributed by atoms with van der Waals surface area (Å²) in [5.74, 6) is 0.0390. The Balaban J connectivity index is 1.89. The molecule has 0 aliphatic carbocycles. The third kappa shape index (κ3) is 3.74. The molecule has 8 heteroatoms. The number of benzene rings is 2. The molecule has 0 spiro atoms. The minimum absolute atomic E-state index is 0.0345. The molecular formula is C19H18N2O6. The summed E-state index contributed by atoms with van der Waals surface area (Å²) in [4.78, 5) is 35.5. The van der Waals surface area contributed by atoms with E-state index in [-0.39, 0.29) is 29.1 Å². The van der Waals surface area contributed by atoms with Crippen LogP contribution in [0, 0.1) is 10.1 Å². The Kier molecular flexibility index (Phi) is 4.57. The molecule has 140 valence electrons. The second kappa shape index (κ2) is 6.71. The van der Waals surface area contributed by atoms with Gasteiger partial charge in [-0.2, -0.15) is 0 Å². The highest BCUT2D eigenvalue weighted by molar-refractivity contribution is 6.08. The van der Waals surface area contributed by atoms with E-state index in [0.717, 1.165) is 0 Å².